The third-order valence-electron chi connectivity index (χ3n) is 3.07. The van der Waals surface area contributed by atoms with Gasteiger partial charge in [-0.25, -0.2) is 4.79 Å². The molecule has 0 atom stereocenters. The van der Waals surface area contributed by atoms with Gasteiger partial charge in [-0.2, -0.15) is 13.2 Å². The number of carboxylic acid groups (broad SMARTS) is 1. The molecule has 22 heavy (non-hydrogen) atoms. The summed E-state index contributed by atoms with van der Waals surface area (Å²) in [4.78, 5) is 23.6. The molecule has 8 heteroatoms. The number of carbonyl (C=O) groups is 1. The number of hydrogen-bond acceptors (Lipinski definition) is 2. The number of aromatic nitrogens is 1. The van der Waals surface area contributed by atoms with Crippen molar-refractivity contribution in [1.82, 2.24) is 4.57 Å². The van der Waals surface area contributed by atoms with Crippen molar-refractivity contribution < 1.29 is 23.1 Å². The summed E-state index contributed by atoms with van der Waals surface area (Å²) < 4.78 is 39.5. The van der Waals surface area contributed by atoms with E-state index in [1.165, 1.54) is 19.1 Å². The minimum atomic E-state index is -4.97. The van der Waals surface area contributed by atoms with Crippen LogP contribution < -0.4 is 5.56 Å². The predicted molar refractivity (Wildman–Crippen MR) is 76.4 cm³/mol. The molecule has 0 radical (unpaired) electrons. The first-order valence-corrected chi connectivity index (χ1v) is 6.76. The molecule has 2 aromatic rings. The monoisotopic (exact) mass is 375 g/mol. The van der Waals surface area contributed by atoms with E-state index in [1.807, 2.05) is 0 Å². The molecule has 0 amide bonds. The molecule has 4 nitrogen and oxygen atoms in total. The highest BCUT2D eigenvalue weighted by Gasteiger charge is 2.41. The molecule has 1 aromatic heterocycles. The fourth-order valence-corrected chi connectivity index (χ4v) is 2.78. The van der Waals surface area contributed by atoms with Crippen LogP contribution in [0.2, 0.25) is 0 Å². The van der Waals surface area contributed by atoms with Gasteiger partial charge in [-0.3, -0.25) is 9.36 Å². The molecular weight excluding hydrogens is 367 g/mol. The molecule has 0 spiro atoms. The molecule has 0 aliphatic heterocycles. The third-order valence-corrected chi connectivity index (χ3v) is 3.80. The van der Waals surface area contributed by atoms with Gasteiger partial charge in [-0.15, -0.1) is 0 Å². The minimum absolute atomic E-state index is 0.280. The highest BCUT2D eigenvalue weighted by atomic mass is 79.9. The number of nitrogens with zero attached hydrogens (tertiary/aromatic N) is 1. The molecular formula is C14H9BrF3NO3. The normalized spacial score (nSPS) is 11.5. The molecule has 0 saturated carbocycles. The zero-order valence-corrected chi connectivity index (χ0v) is 12.7. The zero-order valence-electron chi connectivity index (χ0n) is 11.1. The van der Waals surface area contributed by atoms with Crippen LogP contribution in [0.15, 0.2) is 39.6 Å². The van der Waals surface area contributed by atoms with Crippen LogP contribution in [0.3, 0.4) is 0 Å². The number of hydrogen-bond donors (Lipinski definition) is 1. The van der Waals surface area contributed by atoms with Gasteiger partial charge >= 0.3 is 12.1 Å². The van der Waals surface area contributed by atoms with Gasteiger partial charge in [-0.05, 0) is 35.0 Å². The van der Waals surface area contributed by atoms with E-state index >= 15 is 0 Å². The van der Waals surface area contributed by atoms with Gasteiger partial charge in [0.25, 0.3) is 5.56 Å². The zero-order chi connectivity index (χ0) is 16.7. The largest absolute Gasteiger partial charge is 0.478 e. The number of benzene rings is 1. The van der Waals surface area contributed by atoms with E-state index in [2.05, 4.69) is 15.9 Å². The number of alkyl halides is 3. The van der Waals surface area contributed by atoms with E-state index in [9.17, 15) is 22.8 Å². The average Bonchev–Trinajstić information content (AvgIpc) is 2.42. The van der Waals surface area contributed by atoms with Crippen LogP contribution in [0.25, 0.3) is 5.69 Å². The van der Waals surface area contributed by atoms with Crippen LogP contribution in [0, 0.1) is 6.92 Å². The summed E-state index contributed by atoms with van der Waals surface area (Å²) in [6.07, 6.45) is -4.97. The van der Waals surface area contributed by atoms with Gasteiger partial charge in [0, 0.05) is 11.4 Å². The summed E-state index contributed by atoms with van der Waals surface area (Å²) in [6, 6.07) is 7.85. The summed E-state index contributed by atoms with van der Waals surface area (Å²) in [5, 5.41) is 9.16. The van der Waals surface area contributed by atoms with Crippen molar-refractivity contribution >= 4 is 21.9 Å². The summed E-state index contributed by atoms with van der Waals surface area (Å²) >= 11 is 2.60. The van der Waals surface area contributed by atoms with Crippen LogP contribution in [-0.2, 0) is 6.18 Å². The van der Waals surface area contributed by atoms with Gasteiger partial charge in [0.2, 0.25) is 0 Å². The lowest BCUT2D eigenvalue weighted by molar-refractivity contribution is -0.138. The number of halogens is 4. The molecule has 0 bridgehead atoms. The highest BCUT2D eigenvalue weighted by Crippen LogP contribution is 2.37. The molecule has 0 fully saturated rings. The Morgan fingerprint density at radius 1 is 1.23 bits per heavy atom. The number of aromatic carboxylic acids is 1. The van der Waals surface area contributed by atoms with Crippen molar-refractivity contribution in [2.24, 2.45) is 0 Å². The van der Waals surface area contributed by atoms with Crippen LogP contribution in [0.1, 0.15) is 21.6 Å². The van der Waals surface area contributed by atoms with E-state index in [0.29, 0.717) is 0 Å². The highest BCUT2D eigenvalue weighted by molar-refractivity contribution is 9.10. The van der Waals surface area contributed by atoms with Crippen molar-refractivity contribution in [2.45, 2.75) is 13.1 Å². The van der Waals surface area contributed by atoms with Crippen LogP contribution in [0.4, 0.5) is 13.2 Å². The summed E-state index contributed by atoms with van der Waals surface area (Å²) in [5.74, 6) is -1.75. The van der Waals surface area contributed by atoms with E-state index in [0.717, 1.165) is 4.57 Å². The minimum Gasteiger partial charge on any atom is -0.478 e. The lowest BCUT2D eigenvalue weighted by Gasteiger charge is -2.19. The Hall–Kier alpha value is -2.09. The lowest BCUT2D eigenvalue weighted by Crippen LogP contribution is -2.29. The molecule has 116 valence electrons. The van der Waals surface area contributed by atoms with Gasteiger partial charge in [-0.1, -0.05) is 18.2 Å². The summed E-state index contributed by atoms with van der Waals surface area (Å²) in [6.45, 7) is 1.17. The van der Waals surface area contributed by atoms with Crippen LogP contribution in [-0.4, -0.2) is 15.6 Å². The predicted octanol–water partition coefficient (Wildman–Crippen LogP) is 3.63. The van der Waals surface area contributed by atoms with Gasteiger partial charge in [0.1, 0.15) is 0 Å². The van der Waals surface area contributed by atoms with Crippen LogP contribution >= 0.6 is 15.9 Å². The maximum atomic E-state index is 13.1. The van der Waals surface area contributed by atoms with Crippen LogP contribution in [0.5, 0.6) is 0 Å². The van der Waals surface area contributed by atoms with Crippen molar-refractivity contribution in [1.29, 1.82) is 0 Å². The molecule has 0 aliphatic rings. The van der Waals surface area contributed by atoms with Crippen molar-refractivity contribution in [3.8, 4) is 5.69 Å². The Bertz CT molecular complexity index is 798. The van der Waals surface area contributed by atoms with E-state index in [4.69, 9.17) is 5.11 Å². The second-order valence-electron chi connectivity index (χ2n) is 4.43. The molecule has 0 saturated heterocycles. The molecule has 2 rings (SSSR count). The molecule has 1 heterocycles. The second kappa shape index (κ2) is 5.60. The Balaban J connectivity index is 2.98. The Morgan fingerprint density at radius 2 is 1.77 bits per heavy atom. The summed E-state index contributed by atoms with van der Waals surface area (Å²) in [7, 11) is 0. The maximum Gasteiger partial charge on any atom is 0.418 e. The van der Waals surface area contributed by atoms with Crippen molar-refractivity contribution in [3.63, 3.8) is 0 Å². The second-order valence-corrected chi connectivity index (χ2v) is 5.22. The lowest BCUT2D eigenvalue weighted by atomic mass is 10.1. The van der Waals surface area contributed by atoms with E-state index < -0.39 is 33.3 Å². The fraction of sp³-hybridized carbons (Fsp3) is 0.143. The Labute approximate surface area is 130 Å². The SMILES string of the molecule is Cc1c(C(=O)O)c(C(F)(F)F)c(Br)c(=O)n1-c1ccccc1. The Kier molecular flexibility index (Phi) is 4.15. The first-order valence-electron chi connectivity index (χ1n) is 5.97. The Morgan fingerprint density at radius 3 is 2.23 bits per heavy atom. The molecule has 0 aliphatic carbocycles. The maximum absolute atomic E-state index is 13.1. The third kappa shape index (κ3) is 2.66. The smallest absolute Gasteiger partial charge is 0.418 e. The number of carboxylic acids is 1. The average molecular weight is 376 g/mol. The van der Waals surface area contributed by atoms with Crippen molar-refractivity contribution in [3.05, 3.63) is 62.0 Å². The molecule has 1 aromatic carbocycles. The van der Waals surface area contributed by atoms with E-state index in [1.54, 1.807) is 18.2 Å². The molecule has 0 unspecified atom stereocenters. The standard InChI is InChI=1S/C14H9BrF3NO3/c1-7-9(13(21)22)10(14(16,17)18)11(15)12(20)19(7)8-5-3-2-4-6-8/h2-6H,1H3,(H,21,22). The topological polar surface area (TPSA) is 59.3 Å². The van der Waals surface area contributed by atoms with Gasteiger partial charge in [0.15, 0.2) is 0 Å². The number of rotatable bonds is 2. The van der Waals surface area contributed by atoms with Gasteiger partial charge in [0.05, 0.1) is 15.6 Å². The number of pyridine rings is 1. The van der Waals surface area contributed by atoms with E-state index in [-0.39, 0.29) is 11.4 Å². The first kappa shape index (κ1) is 16.3. The van der Waals surface area contributed by atoms with Crippen molar-refractivity contribution in [2.75, 3.05) is 0 Å². The van der Waals surface area contributed by atoms with Gasteiger partial charge < -0.3 is 5.11 Å². The number of para-hydroxylation sites is 1. The summed E-state index contributed by atoms with van der Waals surface area (Å²) in [5.41, 5.74) is -3.42. The quantitative estimate of drug-likeness (QED) is 0.871. The molecule has 1 N–H and O–H groups in total. The first-order chi connectivity index (χ1) is 10.2. The fourth-order valence-electron chi connectivity index (χ4n) is 2.18.